The molecular weight excluding hydrogens is 385 g/mol. The fourth-order valence-electron chi connectivity index (χ4n) is 3.87. The number of carbonyl (C=O) groups excluding carboxylic acids is 2. The van der Waals surface area contributed by atoms with Crippen LogP contribution in [0.25, 0.3) is 0 Å². The zero-order chi connectivity index (χ0) is 20.9. The molecule has 29 heavy (non-hydrogen) atoms. The Labute approximate surface area is 168 Å². The molecule has 0 spiro atoms. The molecule has 2 aliphatic rings. The van der Waals surface area contributed by atoms with Crippen LogP contribution in [0.5, 0.6) is 0 Å². The molecule has 3 amide bonds. The Morgan fingerprint density at radius 1 is 1.03 bits per heavy atom. The summed E-state index contributed by atoms with van der Waals surface area (Å²) in [6.07, 6.45) is -0.232. The fourth-order valence-corrected chi connectivity index (χ4v) is 3.87. The fraction of sp³-hybridized carbons (Fsp3) is 0.600. The quantitative estimate of drug-likeness (QED) is 0.780. The number of rotatable bonds is 5. The van der Waals surface area contributed by atoms with E-state index in [2.05, 4.69) is 15.5 Å². The van der Waals surface area contributed by atoms with E-state index >= 15 is 0 Å². The number of hydrogen-bond acceptors (Lipinski definition) is 4. The highest BCUT2D eigenvalue weighted by atomic mass is 19.4. The Balaban J connectivity index is 1.39. The second kappa shape index (κ2) is 9.58. The highest BCUT2D eigenvalue weighted by Gasteiger charge is 2.30. The minimum atomic E-state index is -4.34. The molecule has 1 aromatic rings. The summed E-state index contributed by atoms with van der Waals surface area (Å²) >= 11 is 0. The summed E-state index contributed by atoms with van der Waals surface area (Å²) in [5.41, 5.74) is -0.0178. The zero-order valence-corrected chi connectivity index (χ0v) is 16.3. The van der Waals surface area contributed by atoms with E-state index in [0.717, 1.165) is 31.7 Å². The first-order valence-electron chi connectivity index (χ1n) is 10.0. The van der Waals surface area contributed by atoms with Crippen molar-refractivity contribution in [1.82, 2.24) is 20.4 Å². The average Bonchev–Trinajstić information content (AvgIpc) is 3.15. The van der Waals surface area contributed by atoms with Crippen molar-refractivity contribution in [1.29, 1.82) is 0 Å². The summed E-state index contributed by atoms with van der Waals surface area (Å²) in [5.74, 6) is -0.341. The van der Waals surface area contributed by atoms with Gasteiger partial charge in [0.2, 0.25) is 5.91 Å². The van der Waals surface area contributed by atoms with Crippen molar-refractivity contribution in [2.75, 3.05) is 32.7 Å². The third kappa shape index (κ3) is 6.71. The molecule has 0 aromatic heterocycles. The van der Waals surface area contributed by atoms with E-state index in [1.54, 1.807) is 6.07 Å². The van der Waals surface area contributed by atoms with Crippen molar-refractivity contribution < 1.29 is 22.8 Å². The predicted octanol–water partition coefficient (Wildman–Crippen LogP) is 2.59. The van der Waals surface area contributed by atoms with Gasteiger partial charge in [0.05, 0.1) is 12.1 Å². The summed E-state index contributed by atoms with van der Waals surface area (Å²) in [7, 11) is 0. The third-order valence-corrected chi connectivity index (χ3v) is 5.44. The van der Waals surface area contributed by atoms with E-state index < -0.39 is 17.8 Å². The van der Waals surface area contributed by atoms with Gasteiger partial charge >= 0.3 is 12.2 Å². The number of alkyl halides is 3. The molecule has 6 nitrogen and oxygen atoms in total. The largest absolute Gasteiger partial charge is 0.416 e. The van der Waals surface area contributed by atoms with E-state index in [1.807, 2.05) is 4.90 Å². The maximum atomic E-state index is 12.8. The summed E-state index contributed by atoms with van der Waals surface area (Å²) < 4.78 is 38.5. The molecule has 1 aliphatic carbocycles. The molecular formula is C20H27F3N4O2. The minimum absolute atomic E-state index is 0.134. The average molecular weight is 412 g/mol. The minimum Gasteiger partial charge on any atom is -0.335 e. The number of halogens is 3. The van der Waals surface area contributed by atoms with Crippen LogP contribution >= 0.6 is 0 Å². The lowest BCUT2D eigenvalue weighted by atomic mass is 10.1. The Kier molecular flexibility index (Phi) is 7.13. The van der Waals surface area contributed by atoms with Gasteiger partial charge in [0.25, 0.3) is 0 Å². The zero-order valence-electron chi connectivity index (χ0n) is 16.3. The van der Waals surface area contributed by atoms with E-state index in [-0.39, 0.29) is 18.5 Å². The monoisotopic (exact) mass is 412 g/mol. The van der Waals surface area contributed by atoms with Gasteiger partial charge in [0.1, 0.15) is 0 Å². The van der Waals surface area contributed by atoms with Crippen molar-refractivity contribution in [3.63, 3.8) is 0 Å². The standard InChI is InChI=1S/C20H27F3N4O2/c21-20(22,23)16-5-3-4-15(12-16)13-26-8-10-27(11-9-26)14-18(28)25-19(29)24-17-6-1-2-7-17/h3-5,12,17H,1-2,6-11,13-14H2,(H2,24,25,28,29). The van der Waals surface area contributed by atoms with Crippen molar-refractivity contribution in [2.24, 2.45) is 0 Å². The molecule has 1 aromatic carbocycles. The summed E-state index contributed by atoms with van der Waals surface area (Å²) in [4.78, 5) is 27.9. The van der Waals surface area contributed by atoms with Crippen LogP contribution in [-0.4, -0.2) is 60.5 Å². The van der Waals surface area contributed by atoms with E-state index in [4.69, 9.17) is 0 Å². The van der Waals surface area contributed by atoms with Gasteiger partial charge in [-0.2, -0.15) is 13.2 Å². The highest BCUT2D eigenvalue weighted by molar-refractivity contribution is 5.95. The van der Waals surface area contributed by atoms with Gasteiger partial charge in [-0.05, 0) is 24.5 Å². The van der Waals surface area contributed by atoms with E-state index in [9.17, 15) is 22.8 Å². The molecule has 9 heteroatoms. The first-order valence-corrected chi connectivity index (χ1v) is 10.0. The van der Waals surface area contributed by atoms with E-state index in [1.165, 1.54) is 12.1 Å². The van der Waals surface area contributed by atoms with Crippen molar-refractivity contribution in [3.8, 4) is 0 Å². The molecule has 1 saturated heterocycles. The molecule has 1 aliphatic heterocycles. The molecule has 160 valence electrons. The maximum absolute atomic E-state index is 12.8. The second-order valence-corrected chi connectivity index (χ2v) is 7.75. The lowest BCUT2D eigenvalue weighted by molar-refractivity contribution is -0.137. The third-order valence-electron chi connectivity index (χ3n) is 5.44. The molecule has 1 saturated carbocycles. The van der Waals surface area contributed by atoms with Crippen LogP contribution in [0, 0.1) is 0 Å². The molecule has 2 N–H and O–H groups in total. The Hall–Kier alpha value is -2.13. The summed E-state index contributed by atoms with van der Waals surface area (Å²) in [6, 6.07) is 5.09. The number of nitrogens with zero attached hydrogens (tertiary/aromatic N) is 2. The molecule has 1 heterocycles. The van der Waals surface area contributed by atoms with Gasteiger partial charge in [-0.25, -0.2) is 4.79 Å². The van der Waals surface area contributed by atoms with Gasteiger partial charge < -0.3 is 5.32 Å². The number of amides is 3. The number of carbonyl (C=O) groups is 2. The highest BCUT2D eigenvalue weighted by Crippen LogP contribution is 2.29. The number of piperazine rings is 1. The van der Waals surface area contributed by atoms with Gasteiger partial charge in [0.15, 0.2) is 0 Å². The van der Waals surface area contributed by atoms with Crippen LogP contribution in [0.4, 0.5) is 18.0 Å². The molecule has 3 rings (SSSR count). The Morgan fingerprint density at radius 2 is 1.69 bits per heavy atom. The number of benzene rings is 1. The van der Waals surface area contributed by atoms with Crippen LogP contribution in [0.15, 0.2) is 24.3 Å². The van der Waals surface area contributed by atoms with Crippen LogP contribution < -0.4 is 10.6 Å². The second-order valence-electron chi connectivity index (χ2n) is 7.75. The summed E-state index contributed by atoms with van der Waals surface area (Å²) in [5, 5.41) is 5.19. The smallest absolute Gasteiger partial charge is 0.335 e. The molecule has 0 bridgehead atoms. The van der Waals surface area contributed by atoms with Crippen molar-refractivity contribution in [2.45, 2.75) is 44.4 Å². The predicted molar refractivity (Wildman–Crippen MR) is 102 cm³/mol. The van der Waals surface area contributed by atoms with Crippen LogP contribution in [0.3, 0.4) is 0 Å². The van der Waals surface area contributed by atoms with Crippen LogP contribution in [0.1, 0.15) is 36.8 Å². The number of imide groups is 1. The van der Waals surface area contributed by atoms with Crippen LogP contribution in [0.2, 0.25) is 0 Å². The molecule has 0 unspecified atom stereocenters. The van der Waals surface area contributed by atoms with Gasteiger partial charge in [0, 0.05) is 38.8 Å². The Morgan fingerprint density at radius 3 is 2.34 bits per heavy atom. The van der Waals surface area contributed by atoms with E-state index in [0.29, 0.717) is 38.3 Å². The number of nitrogens with one attached hydrogen (secondary N) is 2. The molecule has 2 fully saturated rings. The SMILES string of the molecule is O=C(CN1CCN(Cc2cccc(C(F)(F)F)c2)CC1)NC(=O)NC1CCCC1. The molecule has 0 atom stereocenters. The van der Waals surface area contributed by atoms with Crippen molar-refractivity contribution in [3.05, 3.63) is 35.4 Å². The lowest BCUT2D eigenvalue weighted by Crippen LogP contribution is -2.51. The maximum Gasteiger partial charge on any atom is 0.416 e. The topological polar surface area (TPSA) is 64.7 Å². The van der Waals surface area contributed by atoms with Gasteiger partial charge in [-0.3, -0.25) is 19.9 Å². The summed E-state index contributed by atoms with van der Waals surface area (Å²) in [6.45, 7) is 3.12. The first kappa shape index (κ1) is 21.6. The normalized spacial score (nSPS) is 19.3. The lowest BCUT2D eigenvalue weighted by Gasteiger charge is -2.34. The molecule has 0 radical (unpaired) electrons. The number of urea groups is 1. The van der Waals surface area contributed by atoms with Crippen molar-refractivity contribution >= 4 is 11.9 Å². The van der Waals surface area contributed by atoms with Gasteiger partial charge in [-0.15, -0.1) is 0 Å². The Bertz CT molecular complexity index is 712. The van der Waals surface area contributed by atoms with Crippen LogP contribution in [-0.2, 0) is 17.5 Å². The number of hydrogen-bond donors (Lipinski definition) is 2. The van der Waals surface area contributed by atoms with Gasteiger partial charge in [-0.1, -0.05) is 31.0 Å². The first-order chi connectivity index (χ1) is 13.8.